The normalized spacial score (nSPS) is 12.5. The average molecular weight is 309 g/mol. The molecule has 2 aromatic rings. The van der Waals surface area contributed by atoms with Crippen molar-refractivity contribution in [2.45, 2.75) is 65.7 Å². The molecule has 1 N–H and O–H groups in total. The smallest absolute Gasteiger partial charge is 0.123 e. The molecule has 23 heavy (non-hydrogen) atoms. The molecule has 1 nitrogen and oxygen atoms in total. The Morgan fingerprint density at radius 3 is 1.87 bits per heavy atom. The number of benzene rings is 2. The van der Waals surface area contributed by atoms with Gasteiger partial charge in [-0.3, -0.25) is 0 Å². The van der Waals surface area contributed by atoms with Crippen LogP contribution in [0.1, 0.15) is 69.4 Å². The lowest BCUT2D eigenvalue weighted by Crippen LogP contribution is -2.18. The molecule has 0 bridgehead atoms. The summed E-state index contributed by atoms with van der Waals surface area (Å²) < 4.78 is 0. The number of rotatable bonds is 2. The molecule has 0 spiro atoms. The highest BCUT2D eigenvalue weighted by atomic mass is 16.3. The van der Waals surface area contributed by atoms with Gasteiger partial charge in [0.1, 0.15) is 5.75 Å². The van der Waals surface area contributed by atoms with E-state index >= 15 is 0 Å². The minimum atomic E-state index is -0.0869. The summed E-state index contributed by atoms with van der Waals surface area (Å²) in [6, 6.07) is 13.9. The van der Waals surface area contributed by atoms with E-state index in [1.807, 2.05) is 6.07 Å². The summed E-state index contributed by atoms with van der Waals surface area (Å²) in [6.45, 7) is 15.0. The number of hydrogen-bond donors (Lipinski definition) is 1. The molecule has 1 radical (unpaired) electrons. The molecular formula is C22H29O. The Morgan fingerprint density at radius 2 is 1.43 bits per heavy atom. The van der Waals surface area contributed by atoms with Gasteiger partial charge in [-0.25, -0.2) is 0 Å². The van der Waals surface area contributed by atoms with Crippen LogP contribution >= 0.6 is 0 Å². The van der Waals surface area contributed by atoms with Crippen molar-refractivity contribution in [3.8, 4) is 5.75 Å². The van der Waals surface area contributed by atoms with Crippen LogP contribution < -0.4 is 0 Å². The number of phenolic OH excluding ortho intramolecular Hbond substituents is 1. The molecule has 0 amide bonds. The molecule has 0 atom stereocenters. The zero-order valence-corrected chi connectivity index (χ0v) is 15.5. The fourth-order valence-electron chi connectivity index (χ4n) is 2.91. The Hall–Kier alpha value is -1.76. The highest BCUT2D eigenvalue weighted by molar-refractivity contribution is 5.50. The van der Waals surface area contributed by atoms with E-state index in [1.54, 1.807) is 0 Å². The predicted molar refractivity (Wildman–Crippen MR) is 98.3 cm³/mol. The van der Waals surface area contributed by atoms with Crippen molar-refractivity contribution >= 4 is 0 Å². The number of phenols is 1. The molecule has 2 rings (SSSR count). The molecule has 0 aliphatic heterocycles. The standard InChI is InChI=1S/C22H29O/c1-15-9-8-10-16(11-15)12-17-13-18(21(2,3)4)20(23)19(14-17)22(5,6)7/h8-9,11,13-14,23H,12H2,1-7H3. The molecule has 123 valence electrons. The first-order valence-electron chi connectivity index (χ1n) is 8.32. The van der Waals surface area contributed by atoms with Gasteiger partial charge < -0.3 is 5.11 Å². The van der Waals surface area contributed by atoms with E-state index in [1.165, 1.54) is 16.7 Å². The summed E-state index contributed by atoms with van der Waals surface area (Å²) >= 11 is 0. The number of aryl methyl sites for hydroxylation is 1. The second-order valence-corrected chi connectivity index (χ2v) is 8.61. The molecule has 2 aromatic carbocycles. The maximum absolute atomic E-state index is 10.8. The largest absolute Gasteiger partial charge is 0.507 e. The first kappa shape index (κ1) is 17.6. The number of aromatic hydroxyl groups is 1. The van der Waals surface area contributed by atoms with Crippen LogP contribution in [-0.4, -0.2) is 5.11 Å². The van der Waals surface area contributed by atoms with Crippen molar-refractivity contribution < 1.29 is 5.11 Å². The zero-order chi connectivity index (χ0) is 17.4. The summed E-state index contributed by atoms with van der Waals surface area (Å²) in [6.07, 6.45) is 0.841. The minimum Gasteiger partial charge on any atom is -0.507 e. The van der Waals surface area contributed by atoms with Gasteiger partial charge in [0.25, 0.3) is 0 Å². The summed E-state index contributed by atoms with van der Waals surface area (Å²) in [7, 11) is 0. The fourth-order valence-corrected chi connectivity index (χ4v) is 2.91. The Morgan fingerprint density at radius 1 is 0.913 bits per heavy atom. The molecule has 0 aliphatic rings. The van der Waals surface area contributed by atoms with Gasteiger partial charge in [-0.1, -0.05) is 77.4 Å². The Kier molecular flexibility index (Phi) is 4.61. The highest BCUT2D eigenvalue weighted by Gasteiger charge is 2.26. The molecule has 1 heteroatoms. The van der Waals surface area contributed by atoms with Crippen molar-refractivity contribution in [3.63, 3.8) is 0 Å². The predicted octanol–water partition coefficient (Wildman–Crippen LogP) is 5.69. The topological polar surface area (TPSA) is 20.2 Å². The molecule has 0 aromatic heterocycles. The quantitative estimate of drug-likeness (QED) is 0.756. The second-order valence-electron chi connectivity index (χ2n) is 8.61. The lowest BCUT2D eigenvalue weighted by molar-refractivity contribution is 0.423. The molecule has 0 fully saturated rings. The molecule has 0 saturated heterocycles. The highest BCUT2D eigenvalue weighted by Crippen LogP contribution is 2.40. The van der Waals surface area contributed by atoms with Crippen LogP contribution in [0.5, 0.6) is 5.75 Å². The van der Waals surface area contributed by atoms with E-state index in [9.17, 15) is 5.11 Å². The van der Waals surface area contributed by atoms with Crippen molar-refractivity contribution in [2.24, 2.45) is 0 Å². The summed E-state index contributed by atoms with van der Waals surface area (Å²) in [5, 5.41) is 10.8. The Labute approximate surface area is 141 Å². The lowest BCUT2D eigenvalue weighted by Gasteiger charge is -2.28. The van der Waals surface area contributed by atoms with E-state index in [0.717, 1.165) is 17.5 Å². The van der Waals surface area contributed by atoms with Gasteiger partial charge >= 0.3 is 0 Å². The van der Waals surface area contributed by atoms with Gasteiger partial charge in [0.15, 0.2) is 0 Å². The van der Waals surface area contributed by atoms with Gasteiger partial charge in [-0.2, -0.15) is 0 Å². The van der Waals surface area contributed by atoms with Crippen LogP contribution in [0.2, 0.25) is 0 Å². The maximum Gasteiger partial charge on any atom is 0.123 e. The van der Waals surface area contributed by atoms with Gasteiger partial charge in [0, 0.05) is 0 Å². The first-order valence-corrected chi connectivity index (χ1v) is 8.32. The first-order chi connectivity index (χ1) is 10.5. The van der Waals surface area contributed by atoms with Gasteiger partial charge in [-0.15, -0.1) is 0 Å². The van der Waals surface area contributed by atoms with E-state index < -0.39 is 0 Å². The van der Waals surface area contributed by atoms with E-state index in [4.69, 9.17) is 0 Å². The molecule has 0 unspecified atom stereocenters. The second kappa shape index (κ2) is 6.03. The van der Waals surface area contributed by atoms with Gasteiger partial charge in [0.2, 0.25) is 0 Å². The van der Waals surface area contributed by atoms with E-state index in [0.29, 0.717) is 5.75 Å². The van der Waals surface area contributed by atoms with E-state index in [-0.39, 0.29) is 10.8 Å². The van der Waals surface area contributed by atoms with Crippen LogP contribution in [-0.2, 0) is 17.3 Å². The van der Waals surface area contributed by atoms with Crippen LogP contribution in [0.3, 0.4) is 0 Å². The van der Waals surface area contributed by atoms with Crippen molar-refractivity contribution in [1.82, 2.24) is 0 Å². The third-order valence-electron chi connectivity index (χ3n) is 4.20. The zero-order valence-electron chi connectivity index (χ0n) is 15.5. The van der Waals surface area contributed by atoms with Crippen LogP contribution in [0.25, 0.3) is 0 Å². The summed E-state index contributed by atoms with van der Waals surface area (Å²) in [4.78, 5) is 0. The molecule has 0 heterocycles. The fraction of sp³-hybridized carbons (Fsp3) is 0.455. The molecule has 0 aliphatic carbocycles. The summed E-state index contributed by atoms with van der Waals surface area (Å²) in [5.41, 5.74) is 5.55. The Bertz CT molecular complexity index is 662. The summed E-state index contributed by atoms with van der Waals surface area (Å²) in [5.74, 6) is 0.446. The SMILES string of the molecule is Cc1cc[c]c(Cc2cc(C(C)(C)C)c(O)c(C(C)(C)C)c2)c1. The van der Waals surface area contributed by atoms with Gasteiger partial charge in [-0.05, 0) is 52.5 Å². The third-order valence-corrected chi connectivity index (χ3v) is 4.20. The Balaban J connectivity index is 2.56. The molecular weight excluding hydrogens is 280 g/mol. The van der Waals surface area contributed by atoms with Crippen molar-refractivity contribution in [1.29, 1.82) is 0 Å². The lowest BCUT2D eigenvalue weighted by atomic mass is 9.78. The van der Waals surface area contributed by atoms with Crippen LogP contribution in [0, 0.1) is 13.0 Å². The minimum absolute atomic E-state index is 0.0869. The average Bonchev–Trinajstić information content (AvgIpc) is 2.38. The van der Waals surface area contributed by atoms with E-state index in [2.05, 4.69) is 78.8 Å². The maximum atomic E-state index is 10.8. The van der Waals surface area contributed by atoms with Crippen LogP contribution in [0.4, 0.5) is 0 Å². The van der Waals surface area contributed by atoms with Crippen molar-refractivity contribution in [2.75, 3.05) is 0 Å². The van der Waals surface area contributed by atoms with Crippen LogP contribution in [0.15, 0.2) is 30.3 Å². The molecule has 0 saturated carbocycles. The number of hydrogen-bond acceptors (Lipinski definition) is 1. The third kappa shape index (κ3) is 4.16. The monoisotopic (exact) mass is 309 g/mol. The van der Waals surface area contributed by atoms with Gasteiger partial charge in [0.05, 0.1) is 0 Å². The van der Waals surface area contributed by atoms with Crippen molar-refractivity contribution in [3.05, 3.63) is 64.2 Å².